The highest BCUT2D eigenvalue weighted by molar-refractivity contribution is 6.30. The summed E-state index contributed by atoms with van der Waals surface area (Å²) in [5.74, 6) is 1.50. The third kappa shape index (κ3) is 4.29. The molecule has 0 spiro atoms. The predicted octanol–water partition coefficient (Wildman–Crippen LogP) is 4.30. The van der Waals surface area contributed by atoms with Gasteiger partial charge in [-0.05, 0) is 55.3 Å². The van der Waals surface area contributed by atoms with Gasteiger partial charge < -0.3 is 5.32 Å². The maximum absolute atomic E-state index is 5.94. The second-order valence-electron chi connectivity index (χ2n) is 5.66. The largest absolute Gasteiger partial charge is 0.314 e. The average Bonchev–Trinajstić information content (AvgIpc) is 3.20. The Kier molecular flexibility index (Phi) is 5.08. The van der Waals surface area contributed by atoms with Crippen molar-refractivity contribution in [3.8, 4) is 0 Å². The van der Waals surface area contributed by atoms with Crippen LogP contribution in [0.5, 0.6) is 0 Å². The van der Waals surface area contributed by atoms with Crippen molar-refractivity contribution in [2.75, 3.05) is 6.54 Å². The molecule has 0 aromatic heterocycles. The average molecular weight is 266 g/mol. The van der Waals surface area contributed by atoms with Crippen molar-refractivity contribution in [1.29, 1.82) is 0 Å². The van der Waals surface area contributed by atoms with Crippen molar-refractivity contribution in [3.63, 3.8) is 0 Å². The Hall–Kier alpha value is -0.530. The van der Waals surface area contributed by atoms with E-state index in [1.165, 1.54) is 24.8 Å². The van der Waals surface area contributed by atoms with E-state index in [2.05, 4.69) is 31.3 Å². The lowest BCUT2D eigenvalue weighted by Crippen LogP contribution is -2.30. The lowest BCUT2D eigenvalue weighted by molar-refractivity contribution is 0.328. The minimum absolute atomic E-state index is 0.733. The van der Waals surface area contributed by atoms with Gasteiger partial charge in [-0.2, -0.15) is 0 Å². The van der Waals surface area contributed by atoms with Crippen LogP contribution in [0.2, 0.25) is 5.02 Å². The summed E-state index contributed by atoms with van der Waals surface area (Å²) in [5, 5.41) is 4.51. The maximum Gasteiger partial charge on any atom is 0.0406 e. The van der Waals surface area contributed by atoms with Gasteiger partial charge in [-0.25, -0.2) is 0 Å². The Morgan fingerprint density at radius 2 is 1.94 bits per heavy atom. The molecule has 100 valence electrons. The molecule has 1 nitrogen and oxygen atoms in total. The molecule has 0 aliphatic heterocycles. The molecule has 0 saturated heterocycles. The molecule has 2 rings (SSSR count). The number of rotatable bonds is 7. The Labute approximate surface area is 116 Å². The topological polar surface area (TPSA) is 12.0 Å². The van der Waals surface area contributed by atoms with Crippen molar-refractivity contribution in [2.45, 2.75) is 45.6 Å². The monoisotopic (exact) mass is 265 g/mol. The van der Waals surface area contributed by atoms with E-state index in [1.54, 1.807) is 0 Å². The Morgan fingerprint density at radius 1 is 1.28 bits per heavy atom. The first kappa shape index (κ1) is 13.9. The van der Waals surface area contributed by atoms with Gasteiger partial charge in [-0.1, -0.05) is 44.0 Å². The highest BCUT2D eigenvalue weighted by Crippen LogP contribution is 2.24. The minimum atomic E-state index is 0.733. The van der Waals surface area contributed by atoms with Crippen LogP contribution in [0, 0.1) is 11.8 Å². The standard InChI is InChI=1S/C16H24ClN/c1-3-12(2)14(11-18-16-8-9-16)10-13-4-6-15(17)7-5-13/h4-7,12,14,16,18H,3,8-11H2,1-2H3. The van der Waals surface area contributed by atoms with E-state index in [-0.39, 0.29) is 0 Å². The van der Waals surface area contributed by atoms with Gasteiger partial charge in [-0.15, -0.1) is 0 Å². The summed E-state index contributed by atoms with van der Waals surface area (Å²) < 4.78 is 0. The number of hydrogen-bond donors (Lipinski definition) is 1. The van der Waals surface area contributed by atoms with Gasteiger partial charge in [0.05, 0.1) is 0 Å². The third-order valence-corrected chi connectivity index (χ3v) is 4.36. The molecule has 2 unspecified atom stereocenters. The first-order valence-corrected chi connectivity index (χ1v) is 7.54. The quantitative estimate of drug-likeness (QED) is 0.775. The molecule has 1 fully saturated rings. The Bertz CT molecular complexity index is 356. The summed E-state index contributed by atoms with van der Waals surface area (Å²) in [6.45, 7) is 5.81. The van der Waals surface area contributed by atoms with Crippen molar-refractivity contribution in [2.24, 2.45) is 11.8 Å². The van der Waals surface area contributed by atoms with E-state index in [9.17, 15) is 0 Å². The first-order chi connectivity index (χ1) is 8.69. The molecule has 2 atom stereocenters. The van der Waals surface area contributed by atoms with E-state index in [0.29, 0.717) is 0 Å². The number of nitrogens with one attached hydrogen (secondary N) is 1. The fourth-order valence-electron chi connectivity index (χ4n) is 2.34. The summed E-state index contributed by atoms with van der Waals surface area (Å²) in [6.07, 6.45) is 5.15. The molecule has 0 heterocycles. The SMILES string of the molecule is CCC(C)C(CNC1CC1)Cc1ccc(Cl)cc1. The summed E-state index contributed by atoms with van der Waals surface area (Å²) in [6, 6.07) is 9.13. The second kappa shape index (κ2) is 6.58. The summed E-state index contributed by atoms with van der Waals surface area (Å²) in [4.78, 5) is 0. The zero-order chi connectivity index (χ0) is 13.0. The zero-order valence-corrected chi connectivity index (χ0v) is 12.2. The Balaban J connectivity index is 1.91. The van der Waals surface area contributed by atoms with E-state index >= 15 is 0 Å². The van der Waals surface area contributed by atoms with E-state index in [1.807, 2.05) is 12.1 Å². The lowest BCUT2D eigenvalue weighted by atomic mass is 9.86. The van der Waals surface area contributed by atoms with Crippen LogP contribution >= 0.6 is 11.6 Å². The molecule has 1 aromatic rings. The van der Waals surface area contributed by atoms with Gasteiger partial charge >= 0.3 is 0 Å². The lowest BCUT2D eigenvalue weighted by Gasteiger charge is -2.23. The fraction of sp³-hybridized carbons (Fsp3) is 0.625. The summed E-state index contributed by atoms with van der Waals surface area (Å²) in [7, 11) is 0. The molecule has 0 radical (unpaired) electrons. The molecule has 0 amide bonds. The molecule has 2 heteroatoms. The summed E-state index contributed by atoms with van der Waals surface area (Å²) in [5.41, 5.74) is 1.40. The fourth-order valence-corrected chi connectivity index (χ4v) is 2.46. The van der Waals surface area contributed by atoms with Gasteiger partial charge in [0.2, 0.25) is 0 Å². The van der Waals surface area contributed by atoms with Crippen molar-refractivity contribution in [1.82, 2.24) is 5.32 Å². The molecule has 1 N–H and O–H groups in total. The smallest absolute Gasteiger partial charge is 0.0406 e. The van der Waals surface area contributed by atoms with Gasteiger partial charge in [0.1, 0.15) is 0 Å². The highest BCUT2D eigenvalue weighted by atomic mass is 35.5. The van der Waals surface area contributed by atoms with Crippen LogP contribution in [-0.4, -0.2) is 12.6 Å². The molecular formula is C16H24ClN. The summed E-state index contributed by atoms with van der Waals surface area (Å²) >= 11 is 5.94. The van der Waals surface area contributed by atoms with Crippen LogP contribution in [-0.2, 0) is 6.42 Å². The van der Waals surface area contributed by atoms with Crippen molar-refractivity contribution < 1.29 is 0 Å². The molecule has 0 bridgehead atoms. The maximum atomic E-state index is 5.94. The normalized spacial score (nSPS) is 18.6. The molecule has 1 aromatic carbocycles. The number of benzene rings is 1. The van der Waals surface area contributed by atoms with Crippen LogP contribution in [0.4, 0.5) is 0 Å². The molecule has 1 aliphatic rings. The van der Waals surface area contributed by atoms with Gasteiger partial charge in [0.25, 0.3) is 0 Å². The van der Waals surface area contributed by atoms with Gasteiger partial charge in [0.15, 0.2) is 0 Å². The Morgan fingerprint density at radius 3 is 2.50 bits per heavy atom. The number of hydrogen-bond acceptors (Lipinski definition) is 1. The molecule has 18 heavy (non-hydrogen) atoms. The third-order valence-electron chi connectivity index (χ3n) is 4.11. The van der Waals surface area contributed by atoms with Crippen LogP contribution in [0.15, 0.2) is 24.3 Å². The van der Waals surface area contributed by atoms with E-state index in [4.69, 9.17) is 11.6 Å². The van der Waals surface area contributed by atoms with Crippen LogP contribution < -0.4 is 5.32 Å². The van der Waals surface area contributed by atoms with Crippen molar-refractivity contribution in [3.05, 3.63) is 34.9 Å². The van der Waals surface area contributed by atoms with E-state index < -0.39 is 0 Å². The van der Waals surface area contributed by atoms with Gasteiger partial charge in [-0.3, -0.25) is 0 Å². The van der Waals surface area contributed by atoms with Crippen molar-refractivity contribution >= 4 is 11.6 Å². The first-order valence-electron chi connectivity index (χ1n) is 7.17. The molecular weight excluding hydrogens is 242 g/mol. The molecule has 1 saturated carbocycles. The zero-order valence-electron chi connectivity index (χ0n) is 11.5. The van der Waals surface area contributed by atoms with Crippen LogP contribution in [0.1, 0.15) is 38.7 Å². The van der Waals surface area contributed by atoms with Gasteiger partial charge in [0, 0.05) is 11.1 Å². The second-order valence-corrected chi connectivity index (χ2v) is 6.10. The highest BCUT2D eigenvalue weighted by Gasteiger charge is 2.23. The molecule has 1 aliphatic carbocycles. The minimum Gasteiger partial charge on any atom is -0.314 e. The van der Waals surface area contributed by atoms with E-state index in [0.717, 1.165) is 35.9 Å². The number of halogens is 1. The predicted molar refractivity (Wildman–Crippen MR) is 79.1 cm³/mol. The van der Waals surface area contributed by atoms with Crippen LogP contribution in [0.3, 0.4) is 0 Å². The van der Waals surface area contributed by atoms with Crippen LogP contribution in [0.25, 0.3) is 0 Å².